The number of alkyl halides is 1. The maximum Gasteiger partial charge on any atom is 0.322 e. The molecule has 0 atom stereocenters. The molecule has 1 aliphatic carbocycles. The molecule has 1 aliphatic rings. The van der Waals surface area contributed by atoms with Gasteiger partial charge in [-0.1, -0.05) is 50.3 Å². The maximum atomic E-state index is 11.3. The van der Waals surface area contributed by atoms with Crippen LogP contribution in [0.25, 0.3) is 0 Å². The number of carbonyl (C=O) groups is 2. The Hall–Kier alpha value is -0.330. The fourth-order valence-electron chi connectivity index (χ4n) is 3.23. The first-order chi connectivity index (χ1) is 6.54. The number of halogens is 1. The minimum Gasteiger partial charge on any atom is -0.480 e. The molecule has 5 heteroatoms. The minimum atomic E-state index is -1.69. The lowest BCUT2D eigenvalue weighted by atomic mass is 9.38. The second kappa shape index (κ2) is 3.09. The number of carboxylic acids is 2. The molecular weight excluding hydrogens is 311 g/mol. The van der Waals surface area contributed by atoms with Gasteiger partial charge in [-0.15, -0.1) is 0 Å². The van der Waals surface area contributed by atoms with Crippen LogP contribution in [0.5, 0.6) is 0 Å². The van der Waals surface area contributed by atoms with Gasteiger partial charge < -0.3 is 10.2 Å². The quantitative estimate of drug-likeness (QED) is 0.462. The van der Waals surface area contributed by atoms with E-state index in [1.807, 2.05) is 0 Å². The van der Waals surface area contributed by atoms with Crippen LogP contribution in [0.1, 0.15) is 27.7 Å². The van der Waals surface area contributed by atoms with Crippen LogP contribution >= 0.6 is 22.6 Å². The summed E-state index contributed by atoms with van der Waals surface area (Å²) in [6.07, 6.45) is 0. The summed E-state index contributed by atoms with van der Waals surface area (Å²) in [7, 11) is 0. The molecule has 0 aliphatic heterocycles. The molecule has 1 fully saturated rings. The lowest BCUT2D eigenvalue weighted by Gasteiger charge is -2.65. The SMILES string of the molecule is CC1(C)C(I)C(C)(C)C1(C(=O)O)C(=O)O. The van der Waals surface area contributed by atoms with E-state index in [1.165, 1.54) is 0 Å². The van der Waals surface area contributed by atoms with E-state index in [4.69, 9.17) is 0 Å². The van der Waals surface area contributed by atoms with Gasteiger partial charge in [0.1, 0.15) is 0 Å². The number of carboxylic acid groups (broad SMARTS) is 2. The van der Waals surface area contributed by atoms with E-state index in [1.54, 1.807) is 27.7 Å². The predicted octanol–water partition coefficient (Wildman–Crippen LogP) is 2.01. The standard InChI is InChI=1S/C10H15IO4/c1-8(2)5(11)9(3,4)10(8,6(12)13)7(14)15/h5H,1-4H3,(H,12,13)(H,14,15). The van der Waals surface area contributed by atoms with Crippen molar-refractivity contribution in [1.29, 1.82) is 0 Å². The number of hydrogen-bond donors (Lipinski definition) is 2. The zero-order chi connectivity index (χ0) is 12.2. The largest absolute Gasteiger partial charge is 0.480 e. The second-order valence-corrected chi connectivity index (χ2v) is 6.41. The van der Waals surface area contributed by atoms with Crippen LogP contribution in [0.15, 0.2) is 0 Å². The Balaban J connectivity index is 3.43. The molecule has 1 rings (SSSR count). The van der Waals surface area contributed by atoms with Gasteiger partial charge >= 0.3 is 11.9 Å². The van der Waals surface area contributed by atoms with Gasteiger partial charge in [0.25, 0.3) is 0 Å². The smallest absolute Gasteiger partial charge is 0.322 e. The van der Waals surface area contributed by atoms with Crippen molar-refractivity contribution >= 4 is 34.5 Å². The Bertz CT molecular complexity index is 300. The van der Waals surface area contributed by atoms with Crippen LogP contribution in [-0.2, 0) is 9.59 Å². The molecule has 0 spiro atoms. The lowest BCUT2D eigenvalue weighted by Crippen LogP contribution is -2.75. The first-order valence-electron chi connectivity index (χ1n) is 4.65. The van der Waals surface area contributed by atoms with Crippen molar-refractivity contribution in [3.8, 4) is 0 Å². The molecule has 0 unspecified atom stereocenters. The fraction of sp³-hybridized carbons (Fsp3) is 0.800. The molecule has 0 heterocycles. The Kier molecular flexibility index (Phi) is 2.62. The molecule has 0 aromatic rings. The minimum absolute atomic E-state index is 0.0230. The highest BCUT2D eigenvalue weighted by atomic mass is 127. The van der Waals surface area contributed by atoms with Crippen LogP contribution in [0.2, 0.25) is 0 Å². The molecule has 15 heavy (non-hydrogen) atoms. The van der Waals surface area contributed by atoms with Crippen LogP contribution in [-0.4, -0.2) is 26.1 Å². The van der Waals surface area contributed by atoms with Gasteiger partial charge in [0, 0.05) is 14.8 Å². The van der Waals surface area contributed by atoms with Gasteiger partial charge in [-0.05, 0) is 0 Å². The van der Waals surface area contributed by atoms with E-state index in [2.05, 4.69) is 22.6 Å². The topological polar surface area (TPSA) is 74.6 Å². The van der Waals surface area contributed by atoms with Gasteiger partial charge in [0.2, 0.25) is 0 Å². The Morgan fingerprint density at radius 1 is 1.00 bits per heavy atom. The third-order valence-electron chi connectivity index (χ3n) is 3.84. The molecule has 0 radical (unpaired) electrons. The van der Waals surface area contributed by atoms with Crippen LogP contribution in [0.4, 0.5) is 0 Å². The Labute approximate surface area is 102 Å². The Morgan fingerprint density at radius 3 is 1.40 bits per heavy atom. The van der Waals surface area contributed by atoms with E-state index in [9.17, 15) is 19.8 Å². The molecule has 0 amide bonds. The average molecular weight is 326 g/mol. The average Bonchev–Trinajstić information content (AvgIpc) is 2.00. The summed E-state index contributed by atoms with van der Waals surface area (Å²) >= 11 is 2.14. The van der Waals surface area contributed by atoms with Gasteiger partial charge in [0.15, 0.2) is 5.41 Å². The monoisotopic (exact) mass is 326 g/mol. The highest BCUT2D eigenvalue weighted by molar-refractivity contribution is 14.1. The van der Waals surface area contributed by atoms with Gasteiger partial charge in [-0.25, -0.2) is 0 Å². The first kappa shape index (κ1) is 12.7. The molecule has 0 aromatic carbocycles. The summed E-state index contributed by atoms with van der Waals surface area (Å²) in [5.41, 5.74) is -3.17. The van der Waals surface area contributed by atoms with Crippen molar-refractivity contribution in [1.82, 2.24) is 0 Å². The third-order valence-corrected chi connectivity index (χ3v) is 6.96. The van der Waals surface area contributed by atoms with Crippen molar-refractivity contribution in [2.24, 2.45) is 16.2 Å². The third kappa shape index (κ3) is 1.07. The molecule has 0 aromatic heterocycles. The lowest BCUT2D eigenvalue weighted by molar-refractivity contribution is -0.216. The predicted molar refractivity (Wildman–Crippen MR) is 63.1 cm³/mol. The van der Waals surface area contributed by atoms with E-state index in [0.29, 0.717) is 0 Å². The van der Waals surface area contributed by atoms with Crippen LogP contribution in [0.3, 0.4) is 0 Å². The molecule has 0 bridgehead atoms. The summed E-state index contributed by atoms with van der Waals surface area (Å²) in [6.45, 7) is 6.82. The molecule has 1 saturated carbocycles. The molecule has 86 valence electrons. The summed E-state index contributed by atoms with van der Waals surface area (Å²) < 4.78 is 0.0230. The number of hydrogen-bond acceptors (Lipinski definition) is 2. The summed E-state index contributed by atoms with van der Waals surface area (Å²) in [5.74, 6) is -2.48. The molecule has 4 nitrogen and oxygen atoms in total. The highest BCUT2D eigenvalue weighted by Crippen LogP contribution is 2.70. The van der Waals surface area contributed by atoms with E-state index in [0.717, 1.165) is 0 Å². The summed E-state index contributed by atoms with van der Waals surface area (Å²) in [5, 5.41) is 18.5. The van der Waals surface area contributed by atoms with Crippen molar-refractivity contribution in [2.45, 2.75) is 31.6 Å². The summed E-state index contributed by atoms with van der Waals surface area (Å²) in [4.78, 5) is 22.7. The van der Waals surface area contributed by atoms with Crippen molar-refractivity contribution in [3.05, 3.63) is 0 Å². The fourth-order valence-corrected chi connectivity index (χ4v) is 4.16. The van der Waals surface area contributed by atoms with E-state index >= 15 is 0 Å². The van der Waals surface area contributed by atoms with Crippen LogP contribution < -0.4 is 0 Å². The highest BCUT2D eigenvalue weighted by Gasteiger charge is 2.79. The molecule has 2 N–H and O–H groups in total. The molecule has 0 saturated heterocycles. The first-order valence-corrected chi connectivity index (χ1v) is 5.90. The van der Waals surface area contributed by atoms with Gasteiger partial charge in [-0.3, -0.25) is 9.59 Å². The van der Waals surface area contributed by atoms with E-state index in [-0.39, 0.29) is 3.92 Å². The number of rotatable bonds is 2. The van der Waals surface area contributed by atoms with Crippen molar-refractivity contribution in [2.75, 3.05) is 0 Å². The molecular formula is C10H15IO4. The second-order valence-electron chi connectivity index (χ2n) is 5.17. The van der Waals surface area contributed by atoms with E-state index < -0.39 is 28.2 Å². The van der Waals surface area contributed by atoms with Gasteiger partial charge in [-0.2, -0.15) is 0 Å². The normalized spacial score (nSPS) is 26.7. The summed E-state index contributed by atoms with van der Waals surface area (Å²) in [6, 6.07) is 0. The number of aliphatic carboxylic acids is 2. The Morgan fingerprint density at radius 2 is 1.27 bits per heavy atom. The maximum absolute atomic E-state index is 11.3. The van der Waals surface area contributed by atoms with Crippen molar-refractivity contribution in [3.63, 3.8) is 0 Å². The van der Waals surface area contributed by atoms with Crippen LogP contribution in [0, 0.1) is 16.2 Å². The zero-order valence-electron chi connectivity index (χ0n) is 9.17. The van der Waals surface area contributed by atoms with Gasteiger partial charge in [0.05, 0.1) is 0 Å². The zero-order valence-corrected chi connectivity index (χ0v) is 11.3. The van der Waals surface area contributed by atoms with Crippen molar-refractivity contribution < 1.29 is 19.8 Å².